The Morgan fingerprint density at radius 1 is 1.00 bits per heavy atom. The standard InChI is InChI=1S/C28H33F5O3/c1-15(34)16-3-5-17(6-4-16)22-14-25(2)23(11-12-26(25,36)27(29,30)28(31,32)33)21-9-7-18-13-19(35)8-10-20(18)24(21)22/h3-6,13,15,20-24,34,36H,7-12,14H2,1-2H3/t15?,20-,21-,22+,23-,24+,25-,26-/m0/s1. The Kier molecular flexibility index (Phi) is 5.99. The van der Waals surface area contributed by atoms with Crippen molar-refractivity contribution in [1.82, 2.24) is 0 Å². The van der Waals surface area contributed by atoms with E-state index in [0.717, 1.165) is 11.1 Å². The van der Waals surface area contributed by atoms with Gasteiger partial charge < -0.3 is 10.2 Å². The number of carbonyl (C=O) groups excluding carboxylic acids is 1. The van der Waals surface area contributed by atoms with E-state index < -0.39 is 41.6 Å². The first-order valence-corrected chi connectivity index (χ1v) is 12.9. The number of ketones is 1. The Morgan fingerprint density at radius 2 is 1.67 bits per heavy atom. The molecule has 4 aliphatic carbocycles. The molecule has 198 valence electrons. The van der Waals surface area contributed by atoms with Crippen LogP contribution in [0.4, 0.5) is 22.0 Å². The van der Waals surface area contributed by atoms with Gasteiger partial charge in [0.05, 0.1) is 6.10 Å². The second-order valence-corrected chi connectivity index (χ2v) is 11.8. The highest BCUT2D eigenvalue weighted by Crippen LogP contribution is 2.71. The van der Waals surface area contributed by atoms with Gasteiger partial charge in [-0.05, 0) is 92.2 Å². The van der Waals surface area contributed by atoms with Crippen molar-refractivity contribution in [3.8, 4) is 0 Å². The van der Waals surface area contributed by atoms with Gasteiger partial charge in [0.15, 0.2) is 5.78 Å². The van der Waals surface area contributed by atoms with Gasteiger partial charge in [-0.2, -0.15) is 22.0 Å². The lowest BCUT2D eigenvalue weighted by Gasteiger charge is -2.59. The highest BCUT2D eigenvalue weighted by Gasteiger charge is 2.79. The molecule has 0 saturated heterocycles. The normalized spacial score (nSPS) is 39.6. The van der Waals surface area contributed by atoms with Crippen molar-refractivity contribution in [2.45, 2.75) is 88.5 Å². The molecule has 1 aromatic carbocycles. The summed E-state index contributed by atoms with van der Waals surface area (Å²) in [7, 11) is 0. The first kappa shape index (κ1) is 25.8. The molecule has 0 aliphatic heterocycles. The van der Waals surface area contributed by atoms with Crippen molar-refractivity contribution in [2.24, 2.45) is 29.1 Å². The average molecular weight is 513 g/mol. The molecule has 0 spiro atoms. The van der Waals surface area contributed by atoms with E-state index in [-0.39, 0.29) is 42.3 Å². The van der Waals surface area contributed by atoms with Crippen LogP contribution >= 0.6 is 0 Å². The summed E-state index contributed by atoms with van der Waals surface area (Å²) in [6.07, 6.45) is -2.99. The molecule has 3 nitrogen and oxygen atoms in total. The molecule has 1 aromatic rings. The monoisotopic (exact) mass is 512 g/mol. The zero-order valence-electron chi connectivity index (χ0n) is 20.5. The Balaban J connectivity index is 1.62. The maximum absolute atomic E-state index is 15.0. The summed E-state index contributed by atoms with van der Waals surface area (Å²) >= 11 is 0. The van der Waals surface area contributed by atoms with E-state index in [0.29, 0.717) is 31.2 Å². The zero-order chi connectivity index (χ0) is 26.3. The first-order chi connectivity index (χ1) is 16.7. The van der Waals surface area contributed by atoms with Crippen molar-refractivity contribution >= 4 is 5.78 Å². The average Bonchev–Trinajstić information content (AvgIpc) is 3.09. The number of hydrogen-bond acceptors (Lipinski definition) is 3. The van der Waals surface area contributed by atoms with E-state index in [2.05, 4.69) is 0 Å². The molecule has 0 heterocycles. The van der Waals surface area contributed by atoms with Crippen LogP contribution in [-0.4, -0.2) is 33.7 Å². The Labute approximate surface area is 207 Å². The Hall–Kier alpha value is -1.80. The predicted octanol–water partition coefficient (Wildman–Crippen LogP) is 6.50. The van der Waals surface area contributed by atoms with Gasteiger partial charge in [0.25, 0.3) is 0 Å². The molecule has 2 N–H and O–H groups in total. The van der Waals surface area contributed by atoms with Crippen molar-refractivity contribution in [2.75, 3.05) is 0 Å². The van der Waals surface area contributed by atoms with Gasteiger partial charge in [-0.1, -0.05) is 36.8 Å². The van der Waals surface area contributed by atoms with E-state index in [9.17, 15) is 37.0 Å². The fourth-order valence-corrected chi connectivity index (χ4v) is 8.43. The topological polar surface area (TPSA) is 57.5 Å². The van der Waals surface area contributed by atoms with Crippen LogP contribution in [0.25, 0.3) is 0 Å². The van der Waals surface area contributed by atoms with Crippen molar-refractivity contribution in [3.05, 3.63) is 47.0 Å². The number of benzene rings is 1. The highest BCUT2D eigenvalue weighted by molar-refractivity contribution is 5.91. The lowest BCUT2D eigenvalue weighted by molar-refractivity contribution is -0.364. The molecular formula is C28H33F5O3. The minimum Gasteiger partial charge on any atom is -0.389 e. The van der Waals surface area contributed by atoms with E-state index in [1.807, 2.05) is 12.1 Å². The second-order valence-electron chi connectivity index (χ2n) is 11.8. The van der Waals surface area contributed by atoms with Crippen LogP contribution < -0.4 is 0 Å². The second kappa shape index (κ2) is 8.35. The minimum absolute atomic E-state index is 0.00423. The van der Waals surface area contributed by atoms with Gasteiger partial charge in [-0.25, -0.2) is 0 Å². The number of aliphatic hydroxyl groups excluding tert-OH is 1. The number of rotatable bonds is 3. The highest BCUT2D eigenvalue weighted by atomic mass is 19.4. The molecule has 0 amide bonds. The molecule has 3 saturated carbocycles. The number of allylic oxidation sites excluding steroid dienone is 1. The van der Waals surface area contributed by atoms with Crippen LogP contribution in [0.5, 0.6) is 0 Å². The lowest BCUT2D eigenvalue weighted by Crippen LogP contribution is -2.66. The summed E-state index contributed by atoms with van der Waals surface area (Å²) in [6, 6.07) is 7.18. The maximum Gasteiger partial charge on any atom is 0.456 e. The Morgan fingerprint density at radius 3 is 2.28 bits per heavy atom. The zero-order valence-corrected chi connectivity index (χ0v) is 20.5. The van der Waals surface area contributed by atoms with Gasteiger partial charge in [0, 0.05) is 11.8 Å². The molecule has 36 heavy (non-hydrogen) atoms. The fraction of sp³-hybridized carbons (Fsp3) is 0.679. The maximum atomic E-state index is 15.0. The van der Waals surface area contributed by atoms with E-state index in [4.69, 9.17) is 0 Å². The fourth-order valence-electron chi connectivity index (χ4n) is 8.43. The first-order valence-electron chi connectivity index (χ1n) is 12.9. The number of hydrogen-bond donors (Lipinski definition) is 2. The van der Waals surface area contributed by atoms with Gasteiger partial charge >= 0.3 is 12.1 Å². The predicted molar refractivity (Wildman–Crippen MR) is 123 cm³/mol. The molecular weight excluding hydrogens is 479 g/mol. The SMILES string of the molecule is CC(O)c1ccc([C@H]2C[C@@]3(C)[C@@H](CC[C@@]3(O)C(F)(F)C(F)(F)F)[C@@H]3CCC4=CC(=O)CC[C@@H]4[C@H]32)cc1. The lowest BCUT2D eigenvalue weighted by atomic mass is 9.46. The van der Waals surface area contributed by atoms with Gasteiger partial charge in [0.2, 0.25) is 0 Å². The molecule has 0 bridgehead atoms. The third kappa shape index (κ3) is 3.53. The van der Waals surface area contributed by atoms with Crippen LogP contribution in [0.1, 0.15) is 81.9 Å². The number of alkyl halides is 5. The number of aliphatic hydroxyl groups is 2. The van der Waals surface area contributed by atoms with Crippen molar-refractivity contribution in [3.63, 3.8) is 0 Å². The number of fused-ring (bicyclic) bond motifs is 5. The molecule has 3 fully saturated rings. The third-order valence-electron chi connectivity index (χ3n) is 10.2. The third-order valence-corrected chi connectivity index (χ3v) is 10.2. The summed E-state index contributed by atoms with van der Waals surface area (Å²) < 4.78 is 70.8. The number of halogens is 5. The summed E-state index contributed by atoms with van der Waals surface area (Å²) in [5.74, 6) is -6.02. The Bertz CT molecular complexity index is 1060. The minimum atomic E-state index is -5.85. The van der Waals surface area contributed by atoms with Gasteiger partial charge in [-0.15, -0.1) is 0 Å². The van der Waals surface area contributed by atoms with E-state index >= 15 is 0 Å². The van der Waals surface area contributed by atoms with E-state index in [1.165, 1.54) is 6.92 Å². The summed E-state index contributed by atoms with van der Waals surface area (Å²) in [4.78, 5) is 12.1. The van der Waals surface area contributed by atoms with Crippen molar-refractivity contribution in [1.29, 1.82) is 0 Å². The molecule has 4 aliphatic rings. The molecule has 1 unspecified atom stereocenters. The van der Waals surface area contributed by atoms with Crippen LogP contribution in [0, 0.1) is 29.1 Å². The summed E-state index contributed by atoms with van der Waals surface area (Å²) in [5, 5.41) is 21.2. The summed E-state index contributed by atoms with van der Waals surface area (Å²) in [6.45, 7) is 3.07. The molecule has 5 rings (SSSR count). The quantitative estimate of drug-likeness (QED) is 0.455. The number of carbonyl (C=O) groups is 1. The van der Waals surface area contributed by atoms with Crippen LogP contribution in [-0.2, 0) is 4.79 Å². The largest absolute Gasteiger partial charge is 0.456 e. The van der Waals surface area contributed by atoms with Gasteiger partial charge in [-0.3, -0.25) is 4.79 Å². The molecule has 0 radical (unpaired) electrons. The van der Waals surface area contributed by atoms with Crippen LogP contribution in [0.2, 0.25) is 0 Å². The van der Waals surface area contributed by atoms with Crippen molar-refractivity contribution < 1.29 is 37.0 Å². The smallest absolute Gasteiger partial charge is 0.389 e. The van der Waals surface area contributed by atoms with Crippen LogP contribution in [0.3, 0.4) is 0 Å². The van der Waals surface area contributed by atoms with E-state index in [1.54, 1.807) is 25.1 Å². The molecule has 8 atom stereocenters. The van der Waals surface area contributed by atoms with Gasteiger partial charge in [0.1, 0.15) is 5.60 Å². The molecule has 0 aromatic heterocycles. The summed E-state index contributed by atoms with van der Waals surface area (Å²) in [5.41, 5.74) is -2.26. The molecule has 8 heteroatoms. The van der Waals surface area contributed by atoms with Crippen LogP contribution in [0.15, 0.2) is 35.9 Å².